The molecule has 0 amide bonds. The van der Waals surface area contributed by atoms with Crippen LogP contribution in [-0.4, -0.2) is 25.5 Å². The maximum absolute atomic E-state index is 12.2. The molecule has 0 aromatic heterocycles. The van der Waals surface area contributed by atoms with Crippen LogP contribution in [0.4, 0.5) is 0 Å². The van der Waals surface area contributed by atoms with E-state index in [0.717, 1.165) is 0 Å². The van der Waals surface area contributed by atoms with Crippen molar-refractivity contribution < 1.29 is 18.3 Å². The van der Waals surface area contributed by atoms with Gasteiger partial charge in [-0.1, -0.05) is 38.5 Å². The molecule has 6 heteroatoms. The molecule has 0 radical (unpaired) electrons. The Bertz CT molecular complexity index is 554. The lowest BCUT2D eigenvalue weighted by molar-refractivity contribution is -0.140. The zero-order valence-corrected chi connectivity index (χ0v) is 12.1. The third-order valence-electron chi connectivity index (χ3n) is 3.14. The molecule has 19 heavy (non-hydrogen) atoms. The molecule has 2 unspecified atom stereocenters. The van der Waals surface area contributed by atoms with Crippen molar-refractivity contribution in [2.75, 3.05) is 0 Å². The molecule has 106 valence electrons. The molecule has 1 aromatic rings. The molecule has 2 N–H and O–H groups in total. The van der Waals surface area contributed by atoms with Gasteiger partial charge in [-0.15, -0.1) is 0 Å². The van der Waals surface area contributed by atoms with Crippen molar-refractivity contribution in [1.82, 2.24) is 4.72 Å². The monoisotopic (exact) mass is 285 g/mol. The number of nitrogens with one attached hydrogen (secondary N) is 1. The highest BCUT2D eigenvalue weighted by Crippen LogP contribution is 2.17. The fourth-order valence-electron chi connectivity index (χ4n) is 1.73. The number of sulfonamides is 1. The van der Waals surface area contributed by atoms with Crippen LogP contribution in [0.3, 0.4) is 0 Å². The average Bonchev–Trinajstić information content (AvgIpc) is 2.35. The molecule has 2 atom stereocenters. The van der Waals surface area contributed by atoms with Crippen LogP contribution in [0.1, 0.15) is 25.8 Å². The fourth-order valence-corrected chi connectivity index (χ4v) is 3.28. The Hall–Kier alpha value is -1.40. The number of aryl methyl sites for hydroxylation is 1. The molecule has 0 aliphatic rings. The van der Waals surface area contributed by atoms with Crippen molar-refractivity contribution in [3.63, 3.8) is 0 Å². The Morgan fingerprint density at radius 3 is 2.42 bits per heavy atom. The minimum absolute atomic E-state index is 0.115. The minimum Gasteiger partial charge on any atom is -0.480 e. The van der Waals surface area contributed by atoms with Gasteiger partial charge in [0.25, 0.3) is 0 Å². The van der Waals surface area contributed by atoms with Crippen LogP contribution in [0.15, 0.2) is 29.2 Å². The summed E-state index contributed by atoms with van der Waals surface area (Å²) in [7, 11) is -3.82. The van der Waals surface area contributed by atoms with E-state index in [4.69, 9.17) is 5.11 Å². The number of hydrogen-bond donors (Lipinski definition) is 2. The zero-order chi connectivity index (χ0) is 14.6. The molecule has 0 aliphatic heterocycles. The van der Waals surface area contributed by atoms with Crippen LogP contribution < -0.4 is 4.72 Å². The average molecular weight is 285 g/mol. The first-order valence-electron chi connectivity index (χ1n) is 6.10. The Kier molecular flexibility index (Phi) is 5.08. The summed E-state index contributed by atoms with van der Waals surface area (Å²) >= 11 is 0. The van der Waals surface area contributed by atoms with E-state index in [0.29, 0.717) is 12.0 Å². The van der Waals surface area contributed by atoms with Crippen LogP contribution in [0.5, 0.6) is 0 Å². The highest BCUT2D eigenvalue weighted by atomic mass is 32.2. The predicted molar refractivity (Wildman–Crippen MR) is 72.4 cm³/mol. The van der Waals surface area contributed by atoms with Crippen LogP contribution in [0, 0.1) is 12.8 Å². The lowest BCUT2D eigenvalue weighted by Crippen LogP contribution is -2.45. The first-order chi connectivity index (χ1) is 8.79. The summed E-state index contributed by atoms with van der Waals surface area (Å²) in [4.78, 5) is 11.3. The molecule has 0 aliphatic carbocycles. The maximum Gasteiger partial charge on any atom is 0.322 e. The van der Waals surface area contributed by atoms with E-state index in [9.17, 15) is 13.2 Å². The second-order valence-corrected chi connectivity index (χ2v) is 6.27. The number of carbonyl (C=O) groups is 1. The van der Waals surface area contributed by atoms with Crippen molar-refractivity contribution in [3.05, 3.63) is 29.8 Å². The molecule has 0 bridgehead atoms. The Morgan fingerprint density at radius 2 is 1.95 bits per heavy atom. The Morgan fingerprint density at radius 1 is 1.37 bits per heavy atom. The number of carboxylic acids is 1. The molecule has 0 spiro atoms. The highest BCUT2D eigenvalue weighted by molar-refractivity contribution is 7.89. The largest absolute Gasteiger partial charge is 0.480 e. The van der Waals surface area contributed by atoms with Gasteiger partial charge in [0.05, 0.1) is 4.90 Å². The van der Waals surface area contributed by atoms with Crippen molar-refractivity contribution in [3.8, 4) is 0 Å². The fraction of sp³-hybridized carbons (Fsp3) is 0.462. The molecule has 0 saturated carbocycles. The number of carboxylic acid groups (broad SMARTS) is 1. The Labute approximate surface area is 113 Å². The predicted octanol–water partition coefficient (Wildman–Crippen LogP) is 1.77. The lowest BCUT2D eigenvalue weighted by atomic mass is 10.0. The molecule has 0 heterocycles. The minimum atomic E-state index is -3.82. The smallest absolute Gasteiger partial charge is 0.322 e. The van der Waals surface area contributed by atoms with Crippen molar-refractivity contribution in [1.29, 1.82) is 0 Å². The highest BCUT2D eigenvalue weighted by Gasteiger charge is 2.29. The van der Waals surface area contributed by atoms with E-state index < -0.39 is 22.0 Å². The van der Waals surface area contributed by atoms with E-state index in [1.807, 2.05) is 6.92 Å². The van der Waals surface area contributed by atoms with E-state index in [2.05, 4.69) is 4.72 Å². The second kappa shape index (κ2) is 6.16. The number of benzene rings is 1. The SMILES string of the molecule is CCC(C)C(NS(=O)(=O)c1ccccc1C)C(=O)O. The van der Waals surface area contributed by atoms with Gasteiger partial charge in [-0.25, -0.2) is 8.42 Å². The summed E-state index contributed by atoms with van der Waals surface area (Å²) in [6.45, 7) is 5.20. The molecule has 1 rings (SSSR count). The van der Waals surface area contributed by atoms with Crippen LogP contribution in [-0.2, 0) is 14.8 Å². The van der Waals surface area contributed by atoms with Gasteiger partial charge in [0.2, 0.25) is 10.0 Å². The van der Waals surface area contributed by atoms with Crippen LogP contribution >= 0.6 is 0 Å². The maximum atomic E-state index is 12.2. The van der Waals surface area contributed by atoms with E-state index >= 15 is 0 Å². The lowest BCUT2D eigenvalue weighted by Gasteiger charge is -2.20. The molecule has 5 nitrogen and oxygen atoms in total. The third kappa shape index (κ3) is 3.78. The number of hydrogen-bond acceptors (Lipinski definition) is 3. The summed E-state index contributed by atoms with van der Waals surface area (Å²) in [5.41, 5.74) is 0.586. The van der Waals surface area contributed by atoms with Crippen molar-refractivity contribution >= 4 is 16.0 Å². The van der Waals surface area contributed by atoms with Crippen LogP contribution in [0.2, 0.25) is 0 Å². The van der Waals surface area contributed by atoms with Gasteiger partial charge in [0, 0.05) is 0 Å². The second-order valence-electron chi connectivity index (χ2n) is 4.59. The van der Waals surface area contributed by atoms with Crippen molar-refractivity contribution in [2.45, 2.75) is 38.1 Å². The molecule has 0 fully saturated rings. The van der Waals surface area contributed by atoms with Gasteiger partial charge < -0.3 is 5.11 Å². The van der Waals surface area contributed by atoms with Gasteiger partial charge >= 0.3 is 5.97 Å². The van der Waals surface area contributed by atoms with E-state index in [1.54, 1.807) is 32.0 Å². The first-order valence-corrected chi connectivity index (χ1v) is 7.58. The molecular weight excluding hydrogens is 266 g/mol. The summed E-state index contributed by atoms with van der Waals surface area (Å²) in [6, 6.07) is 5.37. The summed E-state index contributed by atoms with van der Waals surface area (Å²) in [6.07, 6.45) is 0.577. The van der Waals surface area contributed by atoms with Gasteiger partial charge in [-0.05, 0) is 24.5 Å². The standard InChI is InChI=1S/C13H19NO4S/c1-4-9(2)12(13(15)16)14-19(17,18)11-8-6-5-7-10(11)3/h5-9,12,14H,4H2,1-3H3,(H,15,16). The molecule has 0 saturated heterocycles. The number of rotatable bonds is 6. The van der Waals surface area contributed by atoms with Gasteiger partial charge in [0.1, 0.15) is 6.04 Å². The topological polar surface area (TPSA) is 83.5 Å². The quantitative estimate of drug-likeness (QED) is 0.834. The first kappa shape index (κ1) is 15.7. The molecular formula is C13H19NO4S. The van der Waals surface area contributed by atoms with Crippen LogP contribution in [0.25, 0.3) is 0 Å². The van der Waals surface area contributed by atoms with E-state index in [1.165, 1.54) is 6.07 Å². The summed E-state index contributed by atoms with van der Waals surface area (Å²) in [5.74, 6) is -1.44. The molecule has 1 aromatic carbocycles. The summed E-state index contributed by atoms with van der Waals surface area (Å²) in [5, 5.41) is 9.13. The number of aliphatic carboxylic acids is 1. The summed E-state index contributed by atoms with van der Waals surface area (Å²) < 4.78 is 26.7. The van der Waals surface area contributed by atoms with E-state index in [-0.39, 0.29) is 10.8 Å². The van der Waals surface area contributed by atoms with Gasteiger partial charge in [0.15, 0.2) is 0 Å². The Balaban J connectivity index is 3.08. The zero-order valence-electron chi connectivity index (χ0n) is 11.3. The van der Waals surface area contributed by atoms with Gasteiger partial charge in [-0.2, -0.15) is 4.72 Å². The normalized spacial score (nSPS) is 14.9. The van der Waals surface area contributed by atoms with Crippen molar-refractivity contribution in [2.24, 2.45) is 5.92 Å². The third-order valence-corrected chi connectivity index (χ3v) is 4.75. The van der Waals surface area contributed by atoms with Gasteiger partial charge in [-0.3, -0.25) is 4.79 Å².